The molecule has 0 saturated carbocycles. The van der Waals surface area contributed by atoms with Crippen LogP contribution in [-0.4, -0.2) is 37.7 Å². The number of morpholine rings is 1. The van der Waals surface area contributed by atoms with E-state index >= 15 is 0 Å². The molecule has 1 saturated heterocycles. The van der Waals surface area contributed by atoms with Gasteiger partial charge < -0.3 is 15.0 Å². The van der Waals surface area contributed by atoms with Gasteiger partial charge in [0, 0.05) is 10.2 Å². The lowest BCUT2D eigenvalue weighted by atomic mass is 10.2. The van der Waals surface area contributed by atoms with Crippen molar-refractivity contribution in [3.05, 3.63) is 28.2 Å². The molecular formula is C16H24BrN2O2+. The van der Waals surface area contributed by atoms with E-state index in [-0.39, 0.29) is 18.1 Å². The van der Waals surface area contributed by atoms with E-state index in [0.29, 0.717) is 6.42 Å². The van der Waals surface area contributed by atoms with Crippen molar-refractivity contribution >= 4 is 27.5 Å². The fourth-order valence-electron chi connectivity index (χ4n) is 2.83. The van der Waals surface area contributed by atoms with Crippen molar-refractivity contribution in [1.82, 2.24) is 0 Å². The van der Waals surface area contributed by atoms with Crippen LogP contribution in [0.25, 0.3) is 0 Å². The monoisotopic (exact) mass is 355 g/mol. The second kappa shape index (κ2) is 7.38. The molecule has 1 aliphatic heterocycles. The fourth-order valence-corrected chi connectivity index (χ4v) is 3.08. The van der Waals surface area contributed by atoms with Crippen LogP contribution < -0.4 is 10.2 Å². The predicted molar refractivity (Wildman–Crippen MR) is 87.7 cm³/mol. The molecule has 1 aromatic rings. The molecule has 0 bridgehead atoms. The van der Waals surface area contributed by atoms with Crippen molar-refractivity contribution in [2.24, 2.45) is 0 Å². The molecule has 0 aromatic heterocycles. The summed E-state index contributed by atoms with van der Waals surface area (Å²) in [5.41, 5.74) is 1.98. The molecule has 5 heteroatoms. The van der Waals surface area contributed by atoms with Gasteiger partial charge in [0.1, 0.15) is 25.3 Å². The first-order valence-electron chi connectivity index (χ1n) is 7.49. The summed E-state index contributed by atoms with van der Waals surface area (Å²) in [5.74, 6) is 0.0796. The molecule has 2 N–H and O–H groups in total. The van der Waals surface area contributed by atoms with Crippen molar-refractivity contribution < 1.29 is 14.4 Å². The maximum absolute atomic E-state index is 12.0. The molecular weight excluding hydrogens is 332 g/mol. The Hall–Kier alpha value is -0.910. The van der Waals surface area contributed by atoms with E-state index in [2.05, 4.69) is 35.1 Å². The lowest BCUT2D eigenvalue weighted by molar-refractivity contribution is -0.914. The molecule has 0 aliphatic carbocycles. The van der Waals surface area contributed by atoms with E-state index in [0.717, 1.165) is 35.4 Å². The van der Waals surface area contributed by atoms with Crippen LogP contribution in [-0.2, 0) is 9.53 Å². The number of carbonyl (C=O) groups excluding carboxylic acids is 1. The molecule has 21 heavy (non-hydrogen) atoms. The molecule has 0 spiro atoms. The highest BCUT2D eigenvalue weighted by Crippen LogP contribution is 2.19. The van der Waals surface area contributed by atoms with Crippen molar-refractivity contribution in [3.8, 4) is 0 Å². The number of hydrogen-bond acceptors (Lipinski definition) is 2. The number of hydrogen-bond donors (Lipinski definition) is 2. The Balaban J connectivity index is 1.80. The van der Waals surface area contributed by atoms with Crippen LogP contribution in [0.2, 0.25) is 0 Å². The van der Waals surface area contributed by atoms with E-state index in [1.807, 2.05) is 25.1 Å². The summed E-state index contributed by atoms with van der Waals surface area (Å²) >= 11 is 3.46. The SMILES string of the molecule is Cc1cc(NC(=O)CC[NH+]2C[C@@H](C)O[C@@H](C)C2)ccc1Br. The highest BCUT2D eigenvalue weighted by molar-refractivity contribution is 9.10. The first-order chi connectivity index (χ1) is 9.94. The van der Waals surface area contributed by atoms with Crippen LogP contribution >= 0.6 is 15.9 Å². The largest absolute Gasteiger partial charge is 0.364 e. The number of ether oxygens (including phenoxy) is 1. The van der Waals surface area contributed by atoms with E-state index in [1.54, 1.807) is 0 Å². The third-order valence-corrected chi connectivity index (χ3v) is 4.65. The molecule has 2 rings (SSSR count). The van der Waals surface area contributed by atoms with Gasteiger partial charge in [0.05, 0.1) is 13.0 Å². The third kappa shape index (κ3) is 5.09. The Kier molecular flexibility index (Phi) is 5.79. The maximum Gasteiger partial charge on any atom is 0.230 e. The standard InChI is InChI=1S/C16H23BrN2O2/c1-11-8-14(4-5-15(11)17)18-16(20)6-7-19-9-12(2)21-13(3)10-19/h4-5,8,12-13H,6-7,9-10H2,1-3H3,(H,18,20)/p+1/t12-,13+. The minimum Gasteiger partial charge on any atom is -0.364 e. The molecule has 1 heterocycles. The predicted octanol–water partition coefficient (Wildman–Crippen LogP) is 1.78. The van der Waals surface area contributed by atoms with Crippen molar-refractivity contribution in [3.63, 3.8) is 0 Å². The zero-order valence-electron chi connectivity index (χ0n) is 12.9. The third-order valence-electron chi connectivity index (χ3n) is 3.76. The summed E-state index contributed by atoms with van der Waals surface area (Å²) in [4.78, 5) is 13.5. The van der Waals surface area contributed by atoms with Gasteiger partial charge in [0.2, 0.25) is 5.91 Å². The summed E-state index contributed by atoms with van der Waals surface area (Å²) < 4.78 is 6.77. The van der Waals surface area contributed by atoms with Crippen LogP contribution in [0.5, 0.6) is 0 Å². The van der Waals surface area contributed by atoms with Gasteiger partial charge >= 0.3 is 0 Å². The van der Waals surface area contributed by atoms with Gasteiger partial charge in [-0.3, -0.25) is 4.79 Å². The van der Waals surface area contributed by atoms with E-state index in [9.17, 15) is 4.79 Å². The lowest BCUT2D eigenvalue weighted by Gasteiger charge is -2.32. The molecule has 0 radical (unpaired) electrons. The Bertz CT molecular complexity index is 497. The molecule has 1 amide bonds. The number of aryl methyl sites for hydroxylation is 1. The van der Waals surface area contributed by atoms with E-state index < -0.39 is 0 Å². The molecule has 1 aliphatic rings. The van der Waals surface area contributed by atoms with Crippen LogP contribution in [0.1, 0.15) is 25.8 Å². The van der Waals surface area contributed by atoms with Gasteiger partial charge in [-0.15, -0.1) is 0 Å². The minimum atomic E-state index is 0.0796. The zero-order chi connectivity index (χ0) is 15.4. The number of amides is 1. The Morgan fingerprint density at radius 1 is 1.38 bits per heavy atom. The normalized spacial score (nSPS) is 25.6. The quantitative estimate of drug-likeness (QED) is 0.864. The molecule has 1 aromatic carbocycles. The topological polar surface area (TPSA) is 42.8 Å². The number of quaternary nitrogens is 1. The second-order valence-electron chi connectivity index (χ2n) is 5.93. The van der Waals surface area contributed by atoms with E-state index in [4.69, 9.17) is 4.74 Å². The van der Waals surface area contributed by atoms with Gasteiger partial charge in [-0.05, 0) is 44.5 Å². The van der Waals surface area contributed by atoms with Crippen LogP contribution in [0, 0.1) is 6.92 Å². The summed E-state index contributed by atoms with van der Waals surface area (Å²) in [7, 11) is 0. The number of rotatable bonds is 4. The van der Waals surface area contributed by atoms with Gasteiger partial charge in [-0.25, -0.2) is 0 Å². The lowest BCUT2D eigenvalue weighted by Crippen LogP contribution is -3.15. The maximum atomic E-state index is 12.0. The molecule has 1 fully saturated rings. The molecule has 116 valence electrons. The van der Waals surface area contributed by atoms with Gasteiger partial charge in [-0.1, -0.05) is 15.9 Å². The van der Waals surface area contributed by atoms with Gasteiger partial charge in [-0.2, -0.15) is 0 Å². The zero-order valence-corrected chi connectivity index (χ0v) is 14.5. The van der Waals surface area contributed by atoms with Crippen molar-refractivity contribution in [1.29, 1.82) is 0 Å². The minimum absolute atomic E-state index is 0.0796. The smallest absolute Gasteiger partial charge is 0.230 e. The summed E-state index contributed by atoms with van der Waals surface area (Å²) in [6.07, 6.45) is 1.10. The number of halogens is 1. The Morgan fingerprint density at radius 3 is 2.67 bits per heavy atom. The summed E-state index contributed by atoms with van der Waals surface area (Å²) in [5, 5.41) is 2.97. The number of nitrogens with one attached hydrogen (secondary N) is 2. The molecule has 4 nitrogen and oxygen atoms in total. The molecule has 3 atom stereocenters. The summed E-state index contributed by atoms with van der Waals surface area (Å²) in [6, 6.07) is 5.86. The highest BCUT2D eigenvalue weighted by Gasteiger charge is 2.25. The number of benzene rings is 1. The van der Waals surface area contributed by atoms with Gasteiger partial charge in [0.15, 0.2) is 0 Å². The number of carbonyl (C=O) groups is 1. The Labute approximate surface area is 135 Å². The van der Waals surface area contributed by atoms with Crippen LogP contribution in [0.4, 0.5) is 5.69 Å². The number of anilines is 1. The highest BCUT2D eigenvalue weighted by atomic mass is 79.9. The first kappa shape index (κ1) is 16.5. The summed E-state index contributed by atoms with van der Waals surface area (Å²) in [6.45, 7) is 9.03. The van der Waals surface area contributed by atoms with Crippen LogP contribution in [0.3, 0.4) is 0 Å². The van der Waals surface area contributed by atoms with Gasteiger partial charge in [0.25, 0.3) is 0 Å². The van der Waals surface area contributed by atoms with Crippen molar-refractivity contribution in [2.45, 2.75) is 39.4 Å². The first-order valence-corrected chi connectivity index (χ1v) is 8.28. The van der Waals surface area contributed by atoms with E-state index in [1.165, 1.54) is 4.90 Å². The second-order valence-corrected chi connectivity index (χ2v) is 6.78. The fraction of sp³-hybridized carbons (Fsp3) is 0.562. The Morgan fingerprint density at radius 2 is 2.05 bits per heavy atom. The average Bonchev–Trinajstić information content (AvgIpc) is 2.40. The van der Waals surface area contributed by atoms with Crippen molar-refractivity contribution in [2.75, 3.05) is 25.0 Å². The molecule has 1 unspecified atom stereocenters. The average molecular weight is 356 g/mol. The van der Waals surface area contributed by atoms with Crippen LogP contribution in [0.15, 0.2) is 22.7 Å².